The molecule has 0 saturated carbocycles. The van der Waals surface area contributed by atoms with Crippen LogP contribution in [0.15, 0.2) is 66.2 Å². The van der Waals surface area contributed by atoms with Crippen LogP contribution in [0.3, 0.4) is 0 Å². The predicted octanol–water partition coefficient (Wildman–Crippen LogP) is 6.82. The van der Waals surface area contributed by atoms with Gasteiger partial charge in [0.2, 0.25) is 0 Å². The average Bonchev–Trinajstić information content (AvgIpc) is 3.17. The number of hydrogen-bond acceptors (Lipinski definition) is 5. The van der Waals surface area contributed by atoms with Crippen molar-refractivity contribution in [2.45, 2.75) is 47.2 Å². The SMILES string of the molecule is CCOc1cc(/C(O)=C2/C(=O)C(=O)N(Cc3cc(C)ccc3C)C2c2ccc(N(CC)CC)cc2)ccc1Cl. The molecule has 1 heterocycles. The van der Waals surface area contributed by atoms with Gasteiger partial charge in [-0.25, -0.2) is 0 Å². The molecule has 3 aromatic rings. The summed E-state index contributed by atoms with van der Waals surface area (Å²) in [4.78, 5) is 30.8. The fourth-order valence-electron chi connectivity index (χ4n) is 5.07. The normalized spacial score (nSPS) is 16.6. The summed E-state index contributed by atoms with van der Waals surface area (Å²) in [6, 6.07) is 18.0. The maximum absolute atomic E-state index is 13.5. The molecular formula is C32H35ClN2O4. The van der Waals surface area contributed by atoms with Crippen molar-refractivity contribution in [3.63, 3.8) is 0 Å². The lowest BCUT2D eigenvalue weighted by molar-refractivity contribution is -0.140. The Morgan fingerprint density at radius 2 is 1.67 bits per heavy atom. The Balaban J connectivity index is 1.87. The lowest BCUT2D eigenvalue weighted by atomic mass is 9.94. The number of ketones is 1. The number of carbonyl (C=O) groups is 2. The fourth-order valence-corrected chi connectivity index (χ4v) is 5.24. The minimum Gasteiger partial charge on any atom is -0.507 e. The molecule has 6 nitrogen and oxygen atoms in total. The van der Waals surface area contributed by atoms with Crippen molar-refractivity contribution in [3.05, 3.63) is 99.1 Å². The standard InChI is InChI=1S/C32H35ClN2O4/c1-6-34(7-2)25-14-11-22(12-15-25)29-28(30(36)23-13-16-26(33)27(18-23)39-8-3)31(37)32(38)35(29)19-24-17-20(4)9-10-21(24)5/h9-18,29,36H,6-8,19H2,1-5H3/b30-28-. The van der Waals surface area contributed by atoms with Crippen molar-refractivity contribution in [2.24, 2.45) is 0 Å². The Hall–Kier alpha value is -3.77. The lowest BCUT2D eigenvalue weighted by Gasteiger charge is -2.27. The van der Waals surface area contributed by atoms with E-state index in [0.717, 1.165) is 41.0 Å². The van der Waals surface area contributed by atoms with E-state index < -0.39 is 17.7 Å². The predicted molar refractivity (Wildman–Crippen MR) is 156 cm³/mol. The highest BCUT2D eigenvalue weighted by atomic mass is 35.5. The molecule has 1 aliphatic rings. The van der Waals surface area contributed by atoms with E-state index in [2.05, 4.69) is 18.7 Å². The molecule has 0 radical (unpaired) electrons. The summed E-state index contributed by atoms with van der Waals surface area (Å²) in [5, 5.41) is 11.9. The van der Waals surface area contributed by atoms with Crippen LogP contribution >= 0.6 is 11.6 Å². The third-order valence-electron chi connectivity index (χ3n) is 7.23. The molecule has 0 aliphatic carbocycles. The number of benzene rings is 3. The molecule has 0 aromatic heterocycles. The van der Waals surface area contributed by atoms with Gasteiger partial charge in [-0.1, -0.05) is 47.5 Å². The second kappa shape index (κ2) is 12.0. The van der Waals surface area contributed by atoms with E-state index in [9.17, 15) is 14.7 Å². The number of anilines is 1. The number of aliphatic hydroxyl groups is 1. The van der Waals surface area contributed by atoms with Crippen LogP contribution in [0.4, 0.5) is 5.69 Å². The van der Waals surface area contributed by atoms with E-state index in [4.69, 9.17) is 16.3 Å². The van der Waals surface area contributed by atoms with Gasteiger partial charge in [-0.15, -0.1) is 0 Å². The number of rotatable bonds is 9. The highest BCUT2D eigenvalue weighted by molar-refractivity contribution is 6.46. The molecule has 1 amide bonds. The Labute approximate surface area is 235 Å². The Morgan fingerprint density at radius 1 is 0.974 bits per heavy atom. The number of nitrogens with zero attached hydrogens (tertiary/aromatic N) is 2. The topological polar surface area (TPSA) is 70.1 Å². The summed E-state index contributed by atoms with van der Waals surface area (Å²) >= 11 is 6.26. The summed E-state index contributed by atoms with van der Waals surface area (Å²) in [6.07, 6.45) is 0. The summed E-state index contributed by atoms with van der Waals surface area (Å²) in [5.41, 5.74) is 5.24. The molecule has 39 heavy (non-hydrogen) atoms. The zero-order valence-electron chi connectivity index (χ0n) is 23.1. The zero-order chi connectivity index (χ0) is 28.3. The molecule has 1 unspecified atom stereocenters. The molecule has 4 rings (SSSR count). The van der Waals surface area contributed by atoms with E-state index >= 15 is 0 Å². The van der Waals surface area contributed by atoms with Crippen LogP contribution in [-0.4, -0.2) is 41.4 Å². The summed E-state index contributed by atoms with van der Waals surface area (Å²) in [6.45, 7) is 12.4. The Kier molecular flexibility index (Phi) is 8.66. The van der Waals surface area contributed by atoms with Gasteiger partial charge in [0.25, 0.3) is 11.7 Å². The first-order valence-corrected chi connectivity index (χ1v) is 13.7. The lowest BCUT2D eigenvalue weighted by Crippen LogP contribution is -2.29. The number of ether oxygens (including phenoxy) is 1. The fraction of sp³-hybridized carbons (Fsp3) is 0.312. The number of carbonyl (C=O) groups excluding carboxylic acids is 2. The minimum absolute atomic E-state index is 0.0469. The smallest absolute Gasteiger partial charge is 0.295 e. The number of halogens is 1. The quantitative estimate of drug-likeness (QED) is 0.181. The second-order valence-electron chi connectivity index (χ2n) is 9.70. The highest BCUT2D eigenvalue weighted by Gasteiger charge is 2.46. The molecule has 3 aromatic carbocycles. The number of hydrogen-bond donors (Lipinski definition) is 1. The van der Waals surface area contributed by atoms with E-state index in [1.54, 1.807) is 23.1 Å². The van der Waals surface area contributed by atoms with E-state index in [1.165, 1.54) is 0 Å². The molecule has 1 fully saturated rings. The first kappa shape index (κ1) is 28.2. The van der Waals surface area contributed by atoms with Gasteiger partial charge < -0.3 is 19.6 Å². The largest absolute Gasteiger partial charge is 0.507 e. The van der Waals surface area contributed by atoms with Gasteiger partial charge in [0.15, 0.2) is 0 Å². The third-order valence-corrected chi connectivity index (χ3v) is 7.54. The molecule has 0 bridgehead atoms. The molecule has 204 valence electrons. The Bertz CT molecular complexity index is 1410. The van der Waals surface area contributed by atoms with Gasteiger partial charge in [0.05, 0.1) is 23.2 Å². The molecule has 7 heteroatoms. The molecule has 1 atom stereocenters. The van der Waals surface area contributed by atoms with Crippen LogP contribution in [0.2, 0.25) is 5.02 Å². The number of aryl methyl sites for hydroxylation is 2. The van der Waals surface area contributed by atoms with Gasteiger partial charge in [0, 0.05) is 30.9 Å². The van der Waals surface area contributed by atoms with Crippen molar-refractivity contribution < 1.29 is 19.4 Å². The Morgan fingerprint density at radius 3 is 2.31 bits per heavy atom. The maximum atomic E-state index is 13.5. The number of Topliss-reactive ketones (excluding diaryl/α,β-unsaturated/α-hetero) is 1. The van der Waals surface area contributed by atoms with Crippen LogP contribution in [0.1, 0.15) is 54.6 Å². The molecular weight excluding hydrogens is 512 g/mol. The van der Waals surface area contributed by atoms with Crippen LogP contribution in [-0.2, 0) is 16.1 Å². The van der Waals surface area contributed by atoms with E-state index in [0.29, 0.717) is 22.9 Å². The maximum Gasteiger partial charge on any atom is 0.295 e. The molecule has 0 spiro atoms. The van der Waals surface area contributed by atoms with Crippen LogP contribution in [0, 0.1) is 13.8 Å². The monoisotopic (exact) mass is 546 g/mol. The third kappa shape index (κ3) is 5.66. The van der Waals surface area contributed by atoms with Crippen LogP contribution < -0.4 is 9.64 Å². The first-order valence-electron chi connectivity index (χ1n) is 13.3. The summed E-state index contributed by atoms with van der Waals surface area (Å²) < 4.78 is 5.60. The summed E-state index contributed by atoms with van der Waals surface area (Å²) in [7, 11) is 0. The molecule has 1 N–H and O–H groups in total. The van der Waals surface area contributed by atoms with Crippen LogP contribution in [0.5, 0.6) is 5.75 Å². The van der Waals surface area contributed by atoms with Crippen LogP contribution in [0.25, 0.3) is 5.76 Å². The molecule has 1 aliphatic heterocycles. The second-order valence-corrected chi connectivity index (χ2v) is 10.1. The van der Waals surface area contributed by atoms with Crippen molar-refractivity contribution in [1.82, 2.24) is 4.90 Å². The summed E-state index contributed by atoms with van der Waals surface area (Å²) in [5.74, 6) is -1.22. The van der Waals surface area contributed by atoms with Crippen molar-refractivity contribution in [1.29, 1.82) is 0 Å². The number of aliphatic hydroxyl groups excluding tert-OH is 1. The minimum atomic E-state index is -0.762. The van der Waals surface area contributed by atoms with Gasteiger partial charge in [-0.05, 0) is 81.6 Å². The van der Waals surface area contributed by atoms with Crippen molar-refractivity contribution in [2.75, 3.05) is 24.6 Å². The van der Waals surface area contributed by atoms with Crippen molar-refractivity contribution in [3.8, 4) is 5.75 Å². The molecule has 1 saturated heterocycles. The number of amides is 1. The van der Waals surface area contributed by atoms with E-state index in [1.807, 2.05) is 63.2 Å². The van der Waals surface area contributed by atoms with Crippen molar-refractivity contribution >= 4 is 34.7 Å². The average molecular weight is 547 g/mol. The van der Waals surface area contributed by atoms with E-state index in [-0.39, 0.29) is 17.9 Å². The van der Waals surface area contributed by atoms with Gasteiger partial charge >= 0.3 is 0 Å². The highest BCUT2D eigenvalue weighted by Crippen LogP contribution is 2.42. The first-order chi connectivity index (χ1) is 18.7. The van der Waals surface area contributed by atoms with Gasteiger partial charge in [-0.2, -0.15) is 0 Å². The van der Waals surface area contributed by atoms with Gasteiger partial charge in [-0.3, -0.25) is 9.59 Å². The van der Waals surface area contributed by atoms with Gasteiger partial charge in [0.1, 0.15) is 11.5 Å². The zero-order valence-corrected chi connectivity index (χ0v) is 23.9. The number of likely N-dealkylation sites (tertiary alicyclic amines) is 1.